The summed E-state index contributed by atoms with van der Waals surface area (Å²) in [5.74, 6) is -0.498. The molecule has 0 aliphatic carbocycles. The Morgan fingerprint density at radius 1 is 1.19 bits per heavy atom. The number of urea groups is 1. The van der Waals surface area contributed by atoms with E-state index in [-0.39, 0.29) is 23.9 Å². The van der Waals surface area contributed by atoms with E-state index in [0.29, 0.717) is 17.8 Å². The molecule has 2 aliphatic heterocycles. The van der Waals surface area contributed by atoms with Crippen LogP contribution in [0.3, 0.4) is 0 Å². The van der Waals surface area contributed by atoms with E-state index in [0.717, 1.165) is 12.1 Å². The van der Waals surface area contributed by atoms with Crippen molar-refractivity contribution in [1.82, 2.24) is 20.4 Å². The molecule has 2 aliphatic rings. The number of carbonyl (C=O) groups excluding carboxylic acids is 3. The molecule has 31 heavy (non-hydrogen) atoms. The standard InChI is InChI=1S/C21H25F3N4O3/c1-11(2)9-25-18(29)12(3)28-10-15-16(19(28)30)17(26-20(31)27(15)4)13-5-7-14(8-6-13)21(22,23)24/h5-8,11-12,17H,9-10H2,1-4H3,(H,25,29)(H,26,31)/t12-,17-/m1/s1. The second kappa shape index (κ2) is 8.24. The van der Waals surface area contributed by atoms with Crippen molar-refractivity contribution < 1.29 is 27.6 Å². The van der Waals surface area contributed by atoms with E-state index in [2.05, 4.69) is 10.6 Å². The van der Waals surface area contributed by atoms with Crippen LogP contribution < -0.4 is 10.6 Å². The van der Waals surface area contributed by atoms with Crippen molar-refractivity contribution in [2.24, 2.45) is 5.92 Å². The third-order valence-corrected chi connectivity index (χ3v) is 5.49. The first-order valence-electron chi connectivity index (χ1n) is 9.95. The molecule has 2 atom stereocenters. The van der Waals surface area contributed by atoms with Gasteiger partial charge in [0.15, 0.2) is 0 Å². The number of benzene rings is 1. The Morgan fingerprint density at radius 3 is 2.35 bits per heavy atom. The van der Waals surface area contributed by atoms with Gasteiger partial charge in [0.25, 0.3) is 5.91 Å². The second-order valence-corrected chi connectivity index (χ2v) is 8.17. The SMILES string of the molecule is CC(C)CNC(=O)[C@@H](C)N1CC2=C(C1=O)[C@@H](c1ccc(C(F)(F)F)cc1)NC(=O)N2C. The Bertz CT molecular complexity index is 925. The van der Waals surface area contributed by atoms with E-state index in [1.54, 1.807) is 6.92 Å². The van der Waals surface area contributed by atoms with Crippen LogP contribution in [-0.2, 0) is 15.8 Å². The zero-order chi connectivity index (χ0) is 23.1. The molecule has 0 aromatic heterocycles. The van der Waals surface area contributed by atoms with Crippen LogP contribution in [0.4, 0.5) is 18.0 Å². The molecule has 3 rings (SSSR count). The summed E-state index contributed by atoms with van der Waals surface area (Å²) in [6.45, 7) is 6.03. The number of amides is 4. The van der Waals surface area contributed by atoms with Crippen LogP contribution in [-0.4, -0.2) is 53.8 Å². The van der Waals surface area contributed by atoms with Gasteiger partial charge in [-0.05, 0) is 30.5 Å². The molecule has 4 amide bonds. The van der Waals surface area contributed by atoms with Gasteiger partial charge in [-0.2, -0.15) is 13.2 Å². The quantitative estimate of drug-likeness (QED) is 0.742. The van der Waals surface area contributed by atoms with Crippen molar-refractivity contribution in [2.75, 3.05) is 20.1 Å². The maximum Gasteiger partial charge on any atom is 0.416 e. The highest BCUT2D eigenvalue weighted by molar-refractivity contribution is 6.03. The van der Waals surface area contributed by atoms with Crippen molar-refractivity contribution in [1.29, 1.82) is 0 Å². The third-order valence-electron chi connectivity index (χ3n) is 5.49. The van der Waals surface area contributed by atoms with E-state index in [9.17, 15) is 27.6 Å². The minimum atomic E-state index is -4.49. The molecule has 10 heteroatoms. The number of nitrogens with one attached hydrogen (secondary N) is 2. The Morgan fingerprint density at radius 2 is 1.81 bits per heavy atom. The molecule has 0 unspecified atom stereocenters. The molecule has 2 N–H and O–H groups in total. The van der Waals surface area contributed by atoms with Gasteiger partial charge < -0.3 is 15.5 Å². The molecule has 0 radical (unpaired) electrons. The number of carbonyl (C=O) groups is 3. The summed E-state index contributed by atoms with van der Waals surface area (Å²) in [5, 5.41) is 5.46. The monoisotopic (exact) mass is 438 g/mol. The molecular formula is C21H25F3N4O3. The molecule has 1 aromatic carbocycles. The number of nitrogens with zero attached hydrogens (tertiary/aromatic N) is 2. The van der Waals surface area contributed by atoms with E-state index in [4.69, 9.17) is 0 Å². The van der Waals surface area contributed by atoms with E-state index < -0.39 is 35.8 Å². The lowest BCUT2D eigenvalue weighted by Crippen LogP contribution is -2.47. The van der Waals surface area contributed by atoms with Crippen molar-refractivity contribution in [3.63, 3.8) is 0 Å². The van der Waals surface area contributed by atoms with Gasteiger partial charge in [-0.15, -0.1) is 0 Å². The van der Waals surface area contributed by atoms with Crippen molar-refractivity contribution in [3.8, 4) is 0 Å². The highest BCUT2D eigenvalue weighted by atomic mass is 19.4. The van der Waals surface area contributed by atoms with Crippen molar-refractivity contribution in [3.05, 3.63) is 46.7 Å². The lowest BCUT2D eigenvalue weighted by atomic mass is 9.95. The van der Waals surface area contributed by atoms with Crippen LogP contribution >= 0.6 is 0 Å². The van der Waals surface area contributed by atoms with Gasteiger partial charge in [-0.3, -0.25) is 14.5 Å². The molecule has 168 valence electrons. The Labute approximate surface area is 178 Å². The van der Waals surface area contributed by atoms with Crippen LogP contribution in [0.15, 0.2) is 35.5 Å². The third kappa shape index (κ3) is 4.38. The van der Waals surface area contributed by atoms with Gasteiger partial charge in [0.1, 0.15) is 6.04 Å². The van der Waals surface area contributed by atoms with Crippen LogP contribution in [0, 0.1) is 5.92 Å². The topological polar surface area (TPSA) is 81.8 Å². The molecule has 0 saturated heterocycles. The molecule has 0 fully saturated rings. The largest absolute Gasteiger partial charge is 0.416 e. The summed E-state index contributed by atoms with van der Waals surface area (Å²) in [6.07, 6.45) is -4.49. The zero-order valence-corrected chi connectivity index (χ0v) is 17.7. The number of halogens is 3. The summed E-state index contributed by atoms with van der Waals surface area (Å²) in [6, 6.07) is 2.18. The molecule has 1 aromatic rings. The maximum absolute atomic E-state index is 13.2. The van der Waals surface area contributed by atoms with Gasteiger partial charge in [-0.25, -0.2) is 4.79 Å². The van der Waals surface area contributed by atoms with E-state index in [1.165, 1.54) is 29.0 Å². The predicted octanol–water partition coefficient (Wildman–Crippen LogP) is 2.66. The second-order valence-electron chi connectivity index (χ2n) is 8.17. The number of alkyl halides is 3. The lowest BCUT2D eigenvalue weighted by Gasteiger charge is -2.31. The summed E-state index contributed by atoms with van der Waals surface area (Å²) in [4.78, 5) is 40.8. The summed E-state index contributed by atoms with van der Waals surface area (Å²) < 4.78 is 38.7. The lowest BCUT2D eigenvalue weighted by molar-refractivity contribution is -0.137. The Balaban J connectivity index is 1.89. The summed E-state index contributed by atoms with van der Waals surface area (Å²) >= 11 is 0. The average molecular weight is 438 g/mol. The van der Waals surface area contributed by atoms with Gasteiger partial charge >= 0.3 is 12.2 Å². The Kier molecular flexibility index (Phi) is 6.02. The molecule has 7 nitrogen and oxygen atoms in total. The maximum atomic E-state index is 13.2. The first-order chi connectivity index (χ1) is 14.4. The van der Waals surface area contributed by atoms with Crippen LogP contribution in [0.25, 0.3) is 0 Å². The fraction of sp³-hybridized carbons (Fsp3) is 0.476. The molecule has 0 saturated carbocycles. The molecule has 2 heterocycles. The van der Waals surface area contributed by atoms with Gasteiger partial charge in [0.2, 0.25) is 5.91 Å². The highest BCUT2D eigenvalue weighted by Gasteiger charge is 2.45. The zero-order valence-electron chi connectivity index (χ0n) is 17.7. The van der Waals surface area contributed by atoms with E-state index >= 15 is 0 Å². The number of hydrogen-bond donors (Lipinski definition) is 2. The highest BCUT2D eigenvalue weighted by Crippen LogP contribution is 2.37. The van der Waals surface area contributed by atoms with Crippen LogP contribution in [0.2, 0.25) is 0 Å². The van der Waals surface area contributed by atoms with Crippen LogP contribution in [0.5, 0.6) is 0 Å². The van der Waals surface area contributed by atoms with Crippen molar-refractivity contribution in [2.45, 2.75) is 39.0 Å². The predicted molar refractivity (Wildman–Crippen MR) is 107 cm³/mol. The van der Waals surface area contributed by atoms with Gasteiger partial charge in [0, 0.05) is 13.6 Å². The minimum absolute atomic E-state index is 0.0610. The van der Waals surface area contributed by atoms with Gasteiger partial charge in [0.05, 0.1) is 29.4 Å². The van der Waals surface area contributed by atoms with Gasteiger partial charge in [-0.1, -0.05) is 26.0 Å². The molecular weight excluding hydrogens is 413 g/mol. The Hall–Kier alpha value is -3.04. The average Bonchev–Trinajstić information content (AvgIpc) is 3.05. The normalized spacial score (nSPS) is 20.2. The van der Waals surface area contributed by atoms with E-state index in [1.807, 2.05) is 13.8 Å². The summed E-state index contributed by atoms with van der Waals surface area (Å²) in [5.41, 5.74) is 0.223. The smallest absolute Gasteiger partial charge is 0.354 e. The fourth-order valence-corrected chi connectivity index (χ4v) is 3.61. The number of likely N-dealkylation sites (N-methyl/N-ethyl adjacent to an activating group) is 1. The minimum Gasteiger partial charge on any atom is -0.354 e. The first-order valence-corrected chi connectivity index (χ1v) is 9.95. The summed E-state index contributed by atoms with van der Waals surface area (Å²) in [7, 11) is 1.51. The number of rotatable bonds is 5. The van der Waals surface area contributed by atoms with Crippen LogP contribution in [0.1, 0.15) is 37.9 Å². The molecule has 0 spiro atoms. The number of hydrogen-bond acceptors (Lipinski definition) is 3. The van der Waals surface area contributed by atoms with Crippen molar-refractivity contribution >= 4 is 17.8 Å². The first kappa shape index (κ1) is 22.6. The molecule has 0 bridgehead atoms. The fourth-order valence-electron chi connectivity index (χ4n) is 3.61.